The molecule has 2 unspecified atom stereocenters. The Labute approximate surface area is 295 Å². The number of alkyl halides is 1. The van der Waals surface area contributed by atoms with Crippen LogP contribution in [0.2, 0.25) is 0 Å². The summed E-state index contributed by atoms with van der Waals surface area (Å²) in [5.41, 5.74) is 14.5. The molecule has 7 aromatic rings. The Morgan fingerprint density at radius 1 is 0.688 bits per heavy atom. The third-order valence-electron chi connectivity index (χ3n) is 10.3. The quantitative estimate of drug-likeness (QED) is 0.125. The molecule has 0 saturated heterocycles. The molecule has 9 rings (SSSR count). The molecule has 0 amide bonds. The van der Waals surface area contributed by atoms with Crippen molar-refractivity contribution in [1.82, 2.24) is 0 Å². The zero-order chi connectivity index (χ0) is 32.2. The molecular formula is C45H34INO. The van der Waals surface area contributed by atoms with Crippen LogP contribution in [0.1, 0.15) is 36.0 Å². The lowest BCUT2D eigenvalue weighted by Crippen LogP contribution is -2.23. The number of hydrogen-bond donors (Lipinski definition) is 0. The van der Waals surface area contributed by atoms with Crippen LogP contribution in [0.5, 0.6) is 0 Å². The number of anilines is 2. The highest BCUT2D eigenvalue weighted by Crippen LogP contribution is 2.51. The lowest BCUT2D eigenvalue weighted by Gasteiger charge is -2.31. The van der Waals surface area contributed by atoms with Crippen LogP contribution in [0.4, 0.5) is 11.4 Å². The largest absolute Gasteiger partial charge is 0.455 e. The Balaban J connectivity index is 1.14. The highest BCUT2D eigenvalue weighted by Gasteiger charge is 2.39. The number of fused-ring (bicyclic) bond motifs is 6. The first kappa shape index (κ1) is 29.3. The van der Waals surface area contributed by atoms with E-state index < -0.39 is 0 Å². The number of halogens is 1. The number of allylic oxidation sites excluding steroid dienone is 3. The van der Waals surface area contributed by atoms with Gasteiger partial charge in [-0.15, -0.1) is 0 Å². The maximum Gasteiger partial charge on any atom is 0.143 e. The van der Waals surface area contributed by atoms with Gasteiger partial charge in [0.25, 0.3) is 0 Å². The fraction of sp³-hybridized carbons (Fsp3) is 0.111. The van der Waals surface area contributed by atoms with E-state index in [1.807, 2.05) is 12.1 Å². The van der Waals surface area contributed by atoms with Gasteiger partial charge in [0.05, 0.1) is 0 Å². The van der Waals surface area contributed by atoms with Crippen molar-refractivity contribution >= 4 is 55.9 Å². The van der Waals surface area contributed by atoms with Crippen LogP contribution in [0, 0.1) is 0 Å². The van der Waals surface area contributed by atoms with E-state index >= 15 is 0 Å². The first-order chi connectivity index (χ1) is 23.6. The summed E-state index contributed by atoms with van der Waals surface area (Å²) in [6, 6.07) is 50.6. The van der Waals surface area contributed by atoms with E-state index in [4.69, 9.17) is 4.42 Å². The van der Waals surface area contributed by atoms with Crippen molar-refractivity contribution in [3.63, 3.8) is 0 Å². The standard InChI is InChI=1S/C45H34INO/c1-45(29-46)41-16-7-5-12-37(41)38-27-26-35(28-42(38)45)47(33-22-18-31(19-23-33)30-10-3-2-4-11-30)34-24-20-32(21-25-34)36-14-9-15-40-39-13-6-8-17-43(39)48-44(36)40/h2-18,20-28,31H,19,29H2,1H3. The van der Waals surface area contributed by atoms with Gasteiger partial charge in [0.1, 0.15) is 11.2 Å². The molecular weight excluding hydrogens is 697 g/mol. The molecule has 2 aliphatic rings. The minimum Gasteiger partial charge on any atom is -0.455 e. The van der Waals surface area contributed by atoms with E-state index in [0.717, 1.165) is 49.6 Å². The zero-order valence-corrected chi connectivity index (χ0v) is 28.9. The van der Waals surface area contributed by atoms with Crippen molar-refractivity contribution in [2.45, 2.75) is 24.7 Å². The van der Waals surface area contributed by atoms with Crippen molar-refractivity contribution in [1.29, 1.82) is 0 Å². The number of hydrogen-bond acceptors (Lipinski definition) is 2. The molecule has 2 atom stereocenters. The molecule has 0 spiro atoms. The van der Waals surface area contributed by atoms with E-state index in [1.54, 1.807) is 0 Å². The average Bonchev–Trinajstić information content (AvgIpc) is 3.66. The molecule has 1 aromatic heterocycles. The highest BCUT2D eigenvalue weighted by atomic mass is 127. The predicted octanol–water partition coefficient (Wildman–Crippen LogP) is 12.7. The summed E-state index contributed by atoms with van der Waals surface area (Å²) in [6.45, 7) is 2.40. The van der Waals surface area contributed by atoms with Crippen molar-refractivity contribution in [2.24, 2.45) is 0 Å². The molecule has 0 saturated carbocycles. The van der Waals surface area contributed by atoms with Crippen molar-refractivity contribution in [3.05, 3.63) is 180 Å². The Morgan fingerprint density at radius 2 is 1.40 bits per heavy atom. The van der Waals surface area contributed by atoms with Gasteiger partial charge in [-0.3, -0.25) is 0 Å². The van der Waals surface area contributed by atoms with Crippen molar-refractivity contribution in [3.8, 4) is 22.3 Å². The zero-order valence-electron chi connectivity index (χ0n) is 26.7. The third kappa shape index (κ3) is 4.67. The summed E-state index contributed by atoms with van der Waals surface area (Å²) < 4.78 is 7.41. The molecule has 2 nitrogen and oxygen atoms in total. The maximum atomic E-state index is 6.40. The second-order valence-corrected chi connectivity index (χ2v) is 13.9. The van der Waals surface area contributed by atoms with Gasteiger partial charge >= 0.3 is 0 Å². The predicted molar refractivity (Wildman–Crippen MR) is 210 cm³/mol. The summed E-state index contributed by atoms with van der Waals surface area (Å²) in [5, 5.41) is 2.30. The summed E-state index contributed by atoms with van der Waals surface area (Å²) in [6.07, 6.45) is 8.04. The first-order valence-corrected chi connectivity index (χ1v) is 18.2. The van der Waals surface area contributed by atoms with Gasteiger partial charge in [-0.2, -0.15) is 0 Å². The molecule has 0 radical (unpaired) electrons. The SMILES string of the molecule is CC1(CI)c2ccccc2-c2ccc(N(C3=CCC(c4ccccc4)C=C3)c3ccc(-c4cccc5c4oc4ccccc45)cc3)cc21. The monoisotopic (exact) mass is 731 g/mol. The molecule has 1 heterocycles. The van der Waals surface area contributed by atoms with Gasteiger partial charge < -0.3 is 9.32 Å². The van der Waals surface area contributed by atoms with Crippen molar-refractivity contribution < 1.29 is 4.42 Å². The smallest absolute Gasteiger partial charge is 0.143 e. The summed E-state index contributed by atoms with van der Waals surface area (Å²) in [7, 11) is 0. The number of benzene rings is 6. The van der Waals surface area contributed by atoms with E-state index in [1.165, 1.54) is 39.2 Å². The van der Waals surface area contributed by atoms with E-state index in [-0.39, 0.29) is 5.41 Å². The van der Waals surface area contributed by atoms with Crippen molar-refractivity contribution in [2.75, 3.05) is 9.33 Å². The van der Waals surface area contributed by atoms with Gasteiger partial charge in [0.2, 0.25) is 0 Å². The fourth-order valence-corrected chi connectivity index (χ4v) is 8.61. The van der Waals surface area contributed by atoms with Crippen LogP contribution < -0.4 is 4.90 Å². The number of furan rings is 1. The molecule has 0 fully saturated rings. The van der Waals surface area contributed by atoms with Gasteiger partial charge in [0.15, 0.2) is 0 Å². The Morgan fingerprint density at radius 3 is 2.21 bits per heavy atom. The van der Waals surface area contributed by atoms with Crippen LogP contribution in [0.25, 0.3) is 44.2 Å². The van der Waals surface area contributed by atoms with Gasteiger partial charge in [-0.05, 0) is 76.2 Å². The molecule has 2 aliphatic carbocycles. The Hall–Kier alpha value is -4.87. The topological polar surface area (TPSA) is 16.4 Å². The second kappa shape index (κ2) is 11.7. The molecule has 48 heavy (non-hydrogen) atoms. The highest BCUT2D eigenvalue weighted by molar-refractivity contribution is 14.1. The fourth-order valence-electron chi connectivity index (χ4n) is 7.78. The van der Waals surface area contributed by atoms with Crippen LogP contribution in [-0.2, 0) is 5.41 Å². The lowest BCUT2D eigenvalue weighted by molar-refractivity contribution is 0.670. The number of nitrogens with zero attached hydrogens (tertiary/aromatic N) is 1. The molecule has 0 N–H and O–H groups in total. The minimum atomic E-state index is -0.0432. The third-order valence-corrected chi connectivity index (χ3v) is 11.9. The summed E-state index contributed by atoms with van der Waals surface area (Å²) in [5.74, 6) is 0.375. The molecule has 6 aromatic carbocycles. The van der Waals surface area contributed by atoms with Gasteiger partial charge in [-0.1, -0.05) is 151 Å². The lowest BCUT2D eigenvalue weighted by atomic mass is 9.82. The maximum absolute atomic E-state index is 6.40. The van der Waals surface area contributed by atoms with Gasteiger partial charge in [0, 0.05) is 49.2 Å². The van der Waals surface area contributed by atoms with Gasteiger partial charge in [-0.25, -0.2) is 0 Å². The summed E-state index contributed by atoms with van der Waals surface area (Å²) >= 11 is 2.57. The average molecular weight is 732 g/mol. The normalized spacial score (nSPS) is 18.1. The molecule has 3 heteroatoms. The van der Waals surface area contributed by atoms with Crippen LogP contribution >= 0.6 is 22.6 Å². The summed E-state index contributed by atoms with van der Waals surface area (Å²) in [4.78, 5) is 2.43. The first-order valence-electron chi connectivity index (χ1n) is 16.7. The second-order valence-electron chi connectivity index (χ2n) is 13.1. The molecule has 0 aliphatic heterocycles. The van der Waals surface area contributed by atoms with E-state index in [0.29, 0.717) is 5.92 Å². The van der Waals surface area contributed by atoms with Crippen LogP contribution in [-0.4, -0.2) is 4.43 Å². The molecule has 232 valence electrons. The van der Waals surface area contributed by atoms with Crippen LogP contribution in [0.15, 0.2) is 168 Å². The Kier molecular flexibility index (Phi) is 7.12. The van der Waals surface area contributed by atoms with E-state index in [2.05, 4.69) is 180 Å². The molecule has 0 bridgehead atoms. The van der Waals surface area contributed by atoms with Crippen LogP contribution in [0.3, 0.4) is 0 Å². The van der Waals surface area contributed by atoms with E-state index in [9.17, 15) is 0 Å². The number of para-hydroxylation sites is 2. The number of rotatable bonds is 6. The Bertz CT molecular complexity index is 2380. The minimum absolute atomic E-state index is 0.0432.